The van der Waals surface area contributed by atoms with Crippen molar-refractivity contribution < 1.29 is 18.0 Å². The summed E-state index contributed by atoms with van der Waals surface area (Å²) in [6.07, 6.45) is 0. The summed E-state index contributed by atoms with van der Waals surface area (Å²) in [6.45, 7) is 3.59. The van der Waals surface area contributed by atoms with Gasteiger partial charge in [0.15, 0.2) is 16.4 Å². The van der Waals surface area contributed by atoms with Crippen LogP contribution in [0.1, 0.15) is 5.69 Å². The Bertz CT molecular complexity index is 1390. The monoisotopic (exact) mass is 508 g/mol. The van der Waals surface area contributed by atoms with Crippen LogP contribution in [0.25, 0.3) is 5.65 Å². The summed E-state index contributed by atoms with van der Waals surface area (Å²) in [6, 6.07) is 8.87. The summed E-state index contributed by atoms with van der Waals surface area (Å²) >= 11 is 0. The minimum atomic E-state index is -4.20. The number of nitrogens with one attached hydrogen (secondary N) is 1. The van der Waals surface area contributed by atoms with Crippen LogP contribution >= 0.6 is 12.4 Å². The zero-order valence-corrected chi connectivity index (χ0v) is 20.5. The molecule has 3 aromatic rings. The van der Waals surface area contributed by atoms with Gasteiger partial charge in [0, 0.05) is 45.0 Å². The smallest absolute Gasteiger partial charge is 0.317 e. The molecule has 0 radical (unpaired) electrons. The lowest BCUT2D eigenvalue weighted by Gasteiger charge is -2.32. The highest BCUT2D eigenvalue weighted by atomic mass is 35.5. The maximum absolute atomic E-state index is 13.6. The van der Waals surface area contributed by atoms with Crippen LogP contribution in [0, 0.1) is 6.92 Å². The number of aryl methyl sites for hydroxylation is 1. The summed E-state index contributed by atoms with van der Waals surface area (Å²) in [7, 11) is -0.983. The number of amides is 2. The van der Waals surface area contributed by atoms with Gasteiger partial charge in [0.1, 0.15) is 0 Å². The quantitative estimate of drug-likeness (QED) is 0.504. The van der Waals surface area contributed by atoms with Crippen molar-refractivity contribution in [3.8, 4) is 0 Å². The van der Waals surface area contributed by atoms with Crippen molar-refractivity contribution in [3.05, 3.63) is 52.4 Å². The molecule has 0 unspecified atom stereocenters. The molecule has 1 saturated heterocycles. The second-order valence-electron chi connectivity index (χ2n) is 7.96. The van der Waals surface area contributed by atoms with Gasteiger partial charge < -0.3 is 9.80 Å². The maximum Gasteiger partial charge on any atom is 0.317 e. The molecule has 1 fully saturated rings. The first-order valence-electron chi connectivity index (χ1n) is 10.3. The third kappa shape index (κ3) is 4.43. The number of H-pyrrole nitrogens is 1. The van der Waals surface area contributed by atoms with Crippen LogP contribution in [-0.4, -0.2) is 84.9 Å². The molecule has 0 aliphatic carbocycles. The number of nitrogens with zero attached hydrogens (tertiary/aromatic N) is 5. The maximum atomic E-state index is 13.6. The zero-order valence-electron chi connectivity index (χ0n) is 18.9. The van der Waals surface area contributed by atoms with Crippen molar-refractivity contribution in [2.24, 2.45) is 0 Å². The second-order valence-corrected chi connectivity index (χ2v) is 9.85. The molecule has 0 saturated carbocycles. The number of aromatic nitrogens is 3. The molecule has 3 heterocycles. The second kappa shape index (κ2) is 9.57. The third-order valence-electron chi connectivity index (χ3n) is 5.62. The van der Waals surface area contributed by atoms with E-state index in [4.69, 9.17) is 0 Å². The number of anilines is 1. The number of hydrogen-bond acceptors (Lipinski definition) is 7. The SMILES string of the molecule is Cc1cc(=O)n2[nH]c(N(C)C(=O)C(=O)N3CCN(C)CC3)c(S(=O)(=O)c3ccccc3)c2n1.Cl. The van der Waals surface area contributed by atoms with Crippen LogP contribution in [0.3, 0.4) is 0 Å². The van der Waals surface area contributed by atoms with E-state index in [1.54, 1.807) is 25.1 Å². The van der Waals surface area contributed by atoms with Crippen LogP contribution in [0.4, 0.5) is 5.82 Å². The number of piperazine rings is 1. The molecule has 2 amide bonds. The first-order chi connectivity index (χ1) is 15.6. The number of likely N-dealkylation sites (N-methyl/N-ethyl adjacent to an activating group) is 2. The van der Waals surface area contributed by atoms with Gasteiger partial charge in [-0.3, -0.25) is 24.4 Å². The lowest BCUT2D eigenvalue weighted by Crippen LogP contribution is -2.52. The third-order valence-corrected chi connectivity index (χ3v) is 7.42. The van der Waals surface area contributed by atoms with Gasteiger partial charge in [0.05, 0.1) is 4.90 Å². The largest absolute Gasteiger partial charge is 0.332 e. The summed E-state index contributed by atoms with van der Waals surface area (Å²) in [5, 5.41) is 2.67. The number of hydrogen-bond donors (Lipinski definition) is 1. The highest BCUT2D eigenvalue weighted by Crippen LogP contribution is 2.32. The molecule has 1 aromatic carbocycles. The zero-order chi connectivity index (χ0) is 23.9. The predicted octanol–water partition coefficient (Wildman–Crippen LogP) is 0.322. The number of aromatic amines is 1. The summed E-state index contributed by atoms with van der Waals surface area (Å²) < 4.78 is 28.1. The van der Waals surface area contributed by atoms with E-state index >= 15 is 0 Å². The molecule has 4 rings (SSSR count). The molecule has 1 N–H and O–H groups in total. The molecule has 2 aromatic heterocycles. The number of carbonyl (C=O) groups is 2. The van der Waals surface area contributed by atoms with Crippen LogP contribution in [0.15, 0.2) is 51.0 Å². The molecule has 13 heteroatoms. The van der Waals surface area contributed by atoms with E-state index in [9.17, 15) is 22.8 Å². The fraction of sp³-hybridized carbons (Fsp3) is 0.333. The van der Waals surface area contributed by atoms with Gasteiger partial charge in [-0.25, -0.2) is 13.4 Å². The van der Waals surface area contributed by atoms with E-state index in [1.807, 2.05) is 11.9 Å². The van der Waals surface area contributed by atoms with Gasteiger partial charge in [0.2, 0.25) is 9.84 Å². The highest BCUT2D eigenvalue weighted by Gasteiger charge is 2.35. The normalized spacial score (nSPS) is 14.6. The van der Waals surface area contributed by atoms with Gasteiger partial charge in [-0.05, 0) is 26.1 Å². The van der Waals surface area contributed by atoms with Crippen molar-refractivity contribution in [2.45, 2.75) is 16.7 Å². The summed E-state index contributed by atoms with van der Waals surface area (Å²) in [4.78, 5) is 46.7. The number of sulfone groups is 1. The Hall–Kier alpha value is -3.22. The van der Waals surface area contributed by atoms with Gasteiger partial charge in [-0.15, -0.1) is 12.4 Å². The van der Waals surface area contributed by atoms with Crippen molar-refractivity contribution >= 4 is 45.5 Å². The Kier molecular flexibility index (Phi) is 7.15. The van der Waals surface area contributed by atoms with Crippen molar-refractivity contribution in [3.63, 3.8) is 0 Å². The van der Waals surface area contributed by atoms with Gasteiger partial charge in [-0.2, -0.15) is 4.52 Å². The number of rotatable bonds is 3. The molecule has 0 atom stereocenters. The molecule has 1 aliphatic rings. The Morgan fingerprint density at radius 2 is 1.71 bits per heavy atom. The number of halogens is 1. The average Bonchev–Trinajstić information content (AvgIpc) is 3.19. The predicted molar refractivity (Wildman–Crippen MR) is 127 cm³/mol. The molecule has 11 nitrogen and oxygen atoms in total. The molecule has 0 spiro atoms. The van der Waals surface area contributed by atoms with E-state index in [-0.39, 0.29) is 33.7 Å². The fourth-order valence-corrected chi connectivity index (χ4v) is 5.27. The standard InChI is InChI=1S/C21H24N6O5S.ClH/c1-14-13-16(28)27-18(22-14)17(33(31,32)15-7-5-4-6-8-15)19(23-27)25(3)20(29)21(30)26-11-9-24(2)10-12-26;/h4-8,13,23H,9-12H2,1-3H3;1H. The Morgan fingerprint density at radius 3 is 2.32 bits per heavy atom. The Labute approximate surface area is 202 Å². The van der Waals surface area contributed by atoms with Crippen molar-refractivity contribution in [1.29, 1.82) is 0 Å². The number of carbonyl (C=O) groups excluding carboxylic acids is 2. The number of fused-ring (bicyclic) bond motifs is 1. The minimum Gasteiger partial charge on any atom is -0.332 e. The lowest BCUT2D eigenvalue weighted by molar-refractivity contribution is -0.145. The van der Waals surface area contributed by atoms with E-state index < -0.39 is 27.2 Å². The van der Waals surface area contributed by atoms with E-state index in [0.717, 1.165) is 9.42 Å². The molecular formula is C21H25ClN6O5S. The van der Waals surface area contributed by atoms with E-state index in [0.29, 0.717) is 31.9 Å². The molecule has 34 heavy (non-hydrogen) atoms. The van der Waals surface area contributed by atoms with Gasteiger partial charge in [-0.1, -0.05) is 18.2 Å². The fourth-order valence-electron chi connectivity index (χ4n) is 3.70. The van der Waals surface area contributed by atoms with Crippen LogP contribution in [0.2, 0.25) is 0 Å². The molecule has 0 bridgehead atoms. The van der Waals surface area contributed by atoms with E-state index in [2.05, 4.69) is 10.1 Å². The topological polar surface area (TPSA) is 128 Å². The van der Waals surface area contributed by atoms with Gasteiger partial charge >= 0.3 is 11.8 Å². The Morgan fingerprint density at radius 1 is 1.09 bits per heavy atom. The van der Waals surface area contributed by atoms with Gasteiger partial charge in [0.25, 0.3) is 5.56 Å². The lowest BCUT2D eigenvalue weighted by atomic mass is 10.3. The highest BCUT2D eigenvalue weighted by molar-refractivity contribution is 7.91. The average molecular weight is 509 g/mol. The van der Waals surface area contributed by atoms with Crippen molar-refractivity contribution in [1.82, 2.24) is 24.4 Å². The first-order valence-corrected chi connectivity index (χ1v) is 11.8. The summed E-state index contributed by atoms with van der Waals surface area (Å²) in [5.41, 5.74) is -0.373. The Balaban J connectivity index is 0.00000324. The minimum absolute atomic E-state index is 0. The first kappa shape index (κ1) is 25.4. The molecule has 182 valence electrons. The van der Waals surface area contributed by atoms with Crippen LogP contribution in [0.5, 0.6) is 0 Å². The number of benzene rings is 1. The summed E-state index contributed by atoms with van der Waals surface area (Å²) in [5.74, 6) is -1.87. The molecule has 1 aliphatic heterocycles. The molecular weight excluding hydrogens is 484 g/mol. The van der Waals surface area contributed by atoms with E-state index in [1.165, 1.54) is 30.1 Å². The van der Waals surface area contributed by atoms with Crippen LogP contribution in [-0.2, 0) is 19.4 Å². The van der Waals surface area contributed by atoms with Crippen LogP contribution < -0.4 is 10.5 Å². The van der Waals surface area contributed by atoms with Crippen molar-refractivity contribution in [2.75, 3.05) is 45.2 Å².